The Morgan fingerprint density at radius 2 is 2.04 bits per heavy atom. The molecule has 0 unspecified atom stereocenters. The van der Waals surface area contributed by atoms with Crippen LogP contribution in [0.4, 0.5) is 5.69 Å². The van der Waals surface area contributed by atoms with E-state index in [1.54, 1.807) is 42.1 Å². The predicted octanol–water partition coefficient (Wildman–Crippen LogP) is 3.70. The van der Waals surface area contributed by atoms with Crippen LogP contribution in [0.2, 0.25) is 0 Å². The van der Waals surface area contributed by atoms with Gasteiger partial charge in [0.15, 0.2) is 12.4 Å². The Labute approximate surface area is 170 Å². The number of Topliss-reactive ketones (excluding diaryl/α,β-unsaturated/α-hetero) is 1. The Kier molecular flexibility index (Phi) is 7.52. The minimum Gasteiger partial charge on any atom is -0.758 e. The number of carbonyl (C=O) groups is 1. The molecule has 0 N–H and O–H groups in total. The summed E-state index contributed by atoms with van der Waals surface area (Å²) in [6.07, 6.45) is 7.15. The highest BCUT2D eigenvalue weighted by Crippen LogP contribution is 2.22. The molecule has 0 radical (unpaired) electrons. The number of ketones is 1. The lowest BCUT2D eigenvalue weighted by Crippen LogP contribution is -2.47. The number of aromatic nitrogens is 1. The van der Waals surface area contributed by atoms with Crippen LogP contribution in [0.1, 0.15) is 40.9 Å². The Bertz CT molecular complexity index is 908. The molecule has 0 aliphatic carbocycles. The highest BCUT2D eigenvalue weighted by Gasteiger charge is 2.29. The zero-order valence-electron chi connectivity index (χ0n) is 16.0. The molecule has 1 aromatic carbocycles. The van der Waals surface area contributed by atoms with Gasteiger partial charge in [-0.3, -0.25) is 14.9 Å². The second kappa shape index (κ2) is 9.85. The van der Waals surface area contributed by atoms with Crippen molar-refractivity contribution < 1.29 is 14.3 Å². The molecule has 1 aromatic heterocycles. The van der Waals surface area contributed by atoms with Crippen molar-refractivity contribution in [3.8, 4) is 0 Å². The van der Waals surface area contributed by atoms with Crippen molar-refractivity contribution in [2.75, 3.05) is 6.54 Å². The van der Waals surface area contributed by atoms with Crippen LogP contribution in [0, 0.1) is 17.0 Å². The monoisotopic (exact) mass is 397 g/mol. The van der Waals surface area contributed by atoms with Gasteiger partial charge in [-0.15, -0.1) is 6.58 Å². The third kappa shape index (κ3) is 5.07. The van der Waals surface area contributed by atoms with Crippen molar-refractivity contribution in [3.05, 3.63) is 82.2 Å². The molecule has 0 aliphatic rings. The quantitative estimate of drug-likeness (QED) is 0.0945. The van der Waals surface area contributed by atoms with Gasteiger partial charge in [0.1, 0.15) is 0 Å². The summed E-state index contributed by atoms with van der Waals surface area (Å²) in [5.74, 6) is -0.339. The summed E-state index contributed by atoms with van der Waals surface area (Å²) < 4.78 is 1.70. The van der Waals surface area contributed by atoms with E-state index in [-0.39, 0.29) is 22.1 Å². The molecular weight excluding hydrogens is 374 g/mol. The van der Waals surface area contributed by atoms with Crippen LogP contribution in [0.3, 0.4) is 0 Å². The highest BCUT2D eigenvalue weighted by atomic mass is 32.1. The van der Waals surface area contributed by atoms with E-state index in [4.69, 9.17) is 12.6 Å². The minimum atomic E-state index is -0.854. The maximum absolute atomic E-state index is 13.2. The van der Waals surface area contributed by atoms with Crippen LogP contribution in [0.25, 0.3) is 0 Å². The minimum absolute atomic E-state index is 0.0955. The third-order valence-electron chi connectivity index (χ3n) is 4.31. The van der Waals surface area contributed by atoms with Crippen LogP contribution in [-0.2, 0) is 19.0 Å². The number of nitrogens with zero attached hydrogens (tertiary/aromatic N) is 3. The predicted molar refractivity (Wildman–Crippen MR) is 112 cm³/mol. The second-order valence-electron chi connectivity index (χ2n) is 6.40. The van der Waals surface area contributed by atoms with Crippen molar-refractivity contribution in [2.45, 2.75) is 32.7 Å². The van der Waals surface area contributed by atoms with Gasteiger partial charge in [-0.25, -0.2) is 0 Å². The molecule has 2 rings (SSSR count). The van der Waals surface area contributed by atoms with E-state index in [0.717, 1.165) is 18.4 Å². The van der Waals surface area contributed by atoms with Crippen LogP contribution < -0.4 is 4.57 Å². The van der Waals surface area contributed by atoms with E-state index in [1.165, 1.54) is 6.07 Å². The molecule has 1 heterocycles. The average molecular weight is 398 g/mol. The summed E-state index contributed by atoms with van der Waals surface area (Å²) >= 11 is 5.40. The van der Waals surface area contributed by atoms with Gasteiger partial charge < -0.3 is 17.6 Å². The summed E-state index contributed by atoms with van der Waals surface area (Å²) in [5, 5.41) is 11.5. The van der Waals surface area contributed by atoms with E-state index < -0.39 is 11.0 Å². The highest BCUT2D eigenvalue weighted by molar-refractivity contribution is 7.77. The molecule has 0 bridgehead atoms. The number of hydrogen-bond acceptors (Lipinski definition) is 5. The fourth-order valence-corrected chi connectivity index (χ4v) is 3.13. The molecule has 7 heteroatoms. The summed E-state index contributed by atoms with van der Waals surface area (Å²) in [6, 6.07) is 7.48. The van der Waals surface area contributed by atoms with Crippen LogP contribution in [0.15, 0.2) is 60.4 Å². The van der Waals surface area contributed by atoms with Gasteiger partial charge >= 0.3 is 0 Å². The van der Waals surface area contributed by atoms with Crippen molar-refractivity contribution in [1.29, 1.82) is 0 Å². The largest absolute Gasteiger partial charge is 0.758 e. The number of hydrogen-bond donors (Lipinski definition) is 0. The van der Waals surface area contributed by atoms with E-state index in [1.807, 2.05) is 12.1 Å². The Morgan fingerprint density at radius 1 is 1.36 bits per heavy atom. The lowest BCUT2D eigenvalue weighted by Gasteiger charge is -2.18. The molecule has 1 atom stereocenters. The number of pyridine rings is 1. The normalized spacial score (nSPS) is 12.4. The topological polar surface area (TPSA) is 76.4 Å². The number of aliphatic imine (C=N–C) groups is 1. The first-order valence-corrected chi connectivity index (χ1v) is 9.41. The number of benzene rings is 1. The van der Waals surface area contributed by atoms with Crippen molar-refractivity contribution in [1.82, 2.24) is 0 Å². The summed E-state index contributed by atoms with van der Waals surface area (Å²) in [4.78, 5) is 28.2. The maximum atomic E-state index is 13.2. The first-order valence-electron chi connectivity index (χ1n) is 9.00. The van der Waals surface area contributed by atoms with E-state index in [2.05, 4.69) is 18.5 Å². The lowest BCUT2D eigenvalue weighted by atomic mass is 10.0. The molecule has 2 aromatic rings. The fraction of sp³-hybridized carbons (Fsp3) is 0.286. The molecule has 0 fully saturated rings. The SMILES string of the molecule is C=CCN=C([S-])[C@@H](C(=O)c1ccc(C)c([N+](=O)[O-])c1)[n+]1ccc(CCC)cc1. The van der Waals surface area contributed by atoms with Crippen molar-refractivity contribution in [2.24, 2.45) is 4.99 Å². The Hall–Kier alpha value is -2.93. The van der Waals surface area contributed by atoms with Crippen molar-refractivity contribution in [3.63, 3.8) is 0 Å². The molecule has 146 valence electrons. The fourth-order valence-electron chi connectivity index (χ4n) is 2.83. The first kappa shape index (κ1) is 21.4. The standard InChI is InChI=1S/C21H23N3O3S/c1-4-6-16-9-12-23(13-10-16)19(21(28)22-11-5-2)20(25)17-8-7-15(3)18(14-17)24(26)27/h5,7-10,12-14,19H,2,4,6,11H2,1,3H3/t19-/m1/s1. The lowest BCUT2D eigenvalue weighted by molar-refractivity contribution is -0.692. The molecule has 0 saturated carbocycles. The Balaban J connectivity index is 2.49. The van der Waals surface area contributed by atoms with Crippen LogP contribution in [0.5, 0.6) is 0 Å². The summed E-state index contributed by atoms with van der Waals surface area (Å²) in [5.41, 5.74) is 1.78. The summed E-state index contributed by atoms with van der Waals surface area (Å²) in [7, 11) is 0. The van der Waals surface area contributed by atoms with Crippen LogP contribution in [-0.4, -0.2) is 22.3 Å². The molecule has 6 nitrogen and oxygen atoms in total. The zero-order chi connectivity index (χ0) is 20.7. The van der Waals surface area contributed by atoms with E-state index in [9.17, 15) is 14.9 Å². The number of carbonyl (C=O) groups excluding carboxylic acids is 1. The molecule has 0 aliphatic heterocycles. The molecule has 0 spiro atoms. The molecule has 28 heavy (non-hydrogen) atoms. The Morgan fingerprint density at radius 3 is 2.61 bits per heavy atom. The first-order chi connectivity index (χ1) is 13.4. The number of aryl methyl sites for hydroxylation is 2. The smallest absolute Gasteiger partial charge is 0.273 e. The average Bonchev–Trinajstić information content (AvgIpc) is 2.68. The molecule has 0 amide bonds. The third-order valence-corrected chi connectivity index (χ3v) is 4.66. The maximum Gasteiger partial charge on any atom is 0.273 e. The number of nitro benzene ring substituents is 1. The molecule has 0 saturated heterocycles. The van der Waals surface area contributed by atoms with Crippen LogP contribution >= 0.6 is 0 Å². The van der Waals surface area contributed by atoms with E-state index in [0.29, 0.717) is 12.1 Å². The van der Waals surface area contributed by atoms with Gasteiger partial charge in [0.25, 0.3) is 5.69 Å². The van der Waals surface area contributed by atoms with Gasteiger partial charge in [0, 0.05) is 29.3 Å². The number of nitro groups is 1. The van der Waals surface area contributed by atoms with Gasteiger partial charge in [-0.1, -0.05) is 31.6 Å². The molecular formula is C21H23N3O3S. The van der Waals surface area contributed by atoms with Crippen molar-refractivity contribution >= 4 is 29.1 Å². The van der Waals surface area contributed by atoms with Gasteiger partial charge in [0.2, 0.25) is 11.8 Å². The van der Waals surface area contributed by atoms with Gasteiger partial charge in [-0.05, 0) is 24.0 Å². The van der Waals surface area contributed by atoms with Gasteiger partial charge in [0.05, 0.1) is 11.5 Å². The van der Waals surface area contributed by atoms with Gasteiger partial charge in [-0.2, -0.15) is 4.57 Å². The van der Waals surface area contributed by atoms with E-state index >= 15 is 0 Å². The number of rotatable bonds is 9. The summed E-state index contributed by atoms with van der Waals surface area (Å²) in [6.45, 7) is 7.65. The zero-order valence-corrected chi connectivity index (χ0v) is 16.8. The second-order valence-corrected chi connectivity index (χ2v) is 6.81.